The predicted molar refractivity (Wildman–Crippen MR) is 152 cm³/mol. The minimum atomic E-state index is 0.310. The highest BCUT2D eigenvalue weighted by Gasteiger charge is 2.19. The number of rotatable bonds is 7. The molecule has 37 heavy (non-hydrogen) atoms. The minimum absolute atomic E-state index is 0.310. The molecule has 0 unspecified atom stereocenters. The number of ether oxygens (including phenoxy) is 2. The Hall–Kier alpha value is -3.06. The molecule has 5 nitrogen and oxygen atoms in total. The average molecular weight is 515 g/mol. The normalized spacial score (nSPS) is 16.5. The highest BCUT2D eigenvalue weighted by atomic mass is 32.1. The summed E-state index contributed by atoms with van der Waals surface area (Å²) in [6, 6.07) is 21.4. The molecule has 0 atom stereocenters. The van der Waals surface area contributed by atoms with Crippen molar-refractivity contribution < 1.29 is 14.6 Å². The maximum absolute atomic E-state index is 10.2. The molecule has 0 amide bonds. The number of fused-ring (bicyclic) bond motifs is 1. The summed E-state index contributed by atoms with van der Waals surface area (Å²) in [4.78, 5) is 6.14. The molecule has 2 aliphatic heterocycles. The number of thiophene rings is 1. The summed E-state index contributed by atoms with van der Waals surface area (Å²) in [7, 11) is 1.75. The zero-order valence-electron chi connectivity index (χ0n) is 21.4. The van der Waals surface area contributed by atoms with E-state index >= 15 is 0 Å². The molecule has 6 rings (SSSR count). The Kier molecular flexibility index (Phi) is 7.05. The Bertz CT molecular complexity index is 1370. The van der Waals surface area contributed by atoms with E-state index in [2.05, 4.69) is 58.3 Å². The van der Waals surface area contributed by atoms with Gasteiger partial charge in [0.1, 0.15) is 11.5 Å². The van der Waals surface area contributed by atoms with Crippen LogP contribution in [0.2, 0.25) is 0 Å². The summed E-state index contributed by atoms with van der Waals surface area (Å²) >= 11 is 1.76. The predicted octanol–water partition coefficient (Wildman–Crippen LogP) is 6.31. The Morgan fingerprint density at radius 2 is 1.65 bits per heavy atom. The third kappa shape index (κ3) is 5.19. The van der Waals surface area contributed by atoms with E-state index in [1.54, 1.807) is 24.5 Å². The summed E-state index contributed by atoms with van der Waals surface area (Å²) < 4.78 is 12.5. The van der Waals surface area contributed by atoms with Crippen LogP contribution in [0.1, 0.15) is 29.5 Å². The van der Waals surface area contributed by atoms with Crippen LogP contribution in [0.3, 0.4) is 0 Å². The van der Waals surface area contributed by atoms with Gasteiger partial charge in [-0.15, -0.1) is 11.3 Å². The monoisotopic (exact) mass is 514 g/mol. The Morgan fingerprint density at radius 1 is 0.892 bits per heavy atom. The van der Waals surface area contributed by atoms with Crippen LogP contribution < -0.4 is 9.64 Å². The number of methoxy groups -OCH3 is 1. The van der Waals surface area contributed by atoms with Crippen molar-refractivity contribution in [3.05, 3.63) is 77.4 Å². The smallest absolute Gasteiger partial charge is 0.142 e. The van der Waals surface area contributed by atoms with Crippen LogP contribution in [-0.4, -0.2) is 56.5 Å². The molecule has 3 heterocycles. The lowest BCUT2D eigenvalue weighted by atomic mass is 9.98. The molecule has 0 aliphatic carbocycles. The highest BCUT2D eigenvalue weighted by molar-refractivity contribution is 7.22. The average Bonchev–Trinajstić information content (AvgIpc) is 3.57. The number of likely N-dealkylation sites (tertiary alicyclic amines) is 1. The van der Waals surface area contributed by atoms with E-state index in [9.17, 15) is 5.11 Å². The topological polar surface area (TPSA) is 45.2 Å². The van der Waals surface area contributed by atoms with Gasteiger partial charge in [-0.3, -0.25) is 4.90 Å². The third-order valence-corrected chi connectivity index (χ3v) is 8.82. The molecule has 1 aromatic heterocycles. The maximum Gasteiger partial charge on any atom is 0.142 e. The largest absolute Gasteiger partial charge is 0.508 e. The zero-order valence-corrected chi connectivity index (χ0v) is 22.2. The number of anilines is 1. The third-order valence-electron chi connectivity index (χ3n) is 7.57. The van der Waals surface area contributed by atoms with Gasteiger partial charge in [0.15, 0.2) is 0 Å². The van der Waals surface area contributed by atoms with E-state index < -0.39 is 0 Å². The lowest BCUT2D eigenvalue weighted by Gasteiger charge is -2.30. The standard InChI is InChI=1S/C31H34N2O3S/c1-35-29-19-23(6-11-28(29)33-14-16-36-17-15-33)18-27-26-10-9-25(34)20-30(26)37-31(27)24-7-4-22(5-8-24)21-32-12-2-3-13-32/h4-11,19-20,34H,2-3,12-18,21H2,1H3. The molecular weight excluding hydrogens is 480 g/mol. The second-order valence-electron chi connectivity index (χ2n) is 10.1. The van der Waals surface area contributed by atoms with Gasteiger partial charge in [-0.25, -0.2) is 0 Å². The lowest BCUT2D eigenvalue weighted by Crippen LogP contribution is -2.36. The molecule has 0 spiro atoms. The van der Waals surface area contributed by atoms with Gasteiger partial charge in [-0.2, -0.15) is 0 Å². The van der Waals surface area contributed by atoms with Gasteiger partial charge in [-0.1, -0.05) is 30.3 Å². The van der Waals surface area contributed by atoms with Gasteiger partial charge in [0, 0.05) is 29.2 Å². The summed E-state index contributed by atoms with van der Waals surface area (Å²) in [5, 5.41) is 11.4. The number of nitrogens with zero attached hydrogens (tertiary/aromatic N) is 2. The molecule has 0 bridgehead atoms. The van der Waals surface area contributed by atoms with Crippen LogP contribution >= 0.6 is 11.3 Å². The van der Waals surface area contributed by atoms with E-state index in [1.165, 1.54) is 58.4 Å². The van der Waals surface area contributed by atoms with E-state index in [-0.39, 0.29) is 0 Å². The van der Waals surface area contributed by atoms with Crippen molar-refractivity contribution in [3.8, 4) is 21.9 Å². The molecule has 0 saturated carbocycles. The van der Waals surface area contributed by atoms with Crippen molar-refractivity contribution in [2.24, 2.45) is 0 Å². The first-order chi connectivity index (χ1) is 18.2. The summed E-state index contributed by atoms with van der Waals surface area (Å²) in [6.07, 6.45) is 3.43. The summed E-state index contributed by atoms with van der Waals surface area (Å²) in [5.41, 5.74) is 6.25. The molecule has 192 valence electrons. The van der Waals surface area contributed by atoms with E-state index in [1.807, 2.05) is 6.07 Å². The van der Waals surface area contributed by atoms with Gasteiger partial charge >= 0.3 is 0 Å². The number of aromatic hydroxyl groups is 1. The van der Waals surface area contributed by atoms with Crippen molar-refractivity contribution in [1.82, 2.24) is 4.90 Å². The molecule has 1 N–H and O–H groups in total. The van der Waals surface area contributed by atoms with Gasteiger partial charge < -0.3 is 19.5 Å². The fraction of sp³-hybridized carbons (Fsp3) is 0.355. The number of morpholine rings is 1. The number of hydrogen-bond acceptors (Lipinski definition) is 6. The number of phenols is 1. The molecule has 2 fully saturated rings. The van der Waals surface area contributed by atoms with Crippen LogP contribution in [0.5, 0.6) is 11.5 Å². The molecule has 6 heteroatoms. The van der Waals surface area contributed by atoms with Crippen LogP contribution in [0.4, 0.5) is 5.69 Å². The van der Waals surface area contributed by atoms with Crippen molar-refractivity contribution in [2.45, 2.75) is 25.8 Å². The first kappa shape index (κ1) is 24.3. The van der Waals surface area contributed by atoms with Crippen LogP contribution in [0.15, 0.2) is 60.7 Å². The van der Waals surface area contributed by atoms with E-state index in [0.29, 0.717) is 5.75 Å². The fourth-order valence-electron chi connectivity index (χ4n) is 5.61. The van der Waals surface area contributed by atoms with Crippen LogP contribution in [0, 0.1) is 0 Å². The Balaban J connectivity index is 1.33. The second-order valence-corrected chi connectivity index (χ2v) is 11.1. The van der Waals surface area contributed by atoms with Gasteiger partial charge in [0.05, 0.1) is 26.0 Å². The van der Waals surface area contributed by atoms with Crippen molar-refractivity contribution >= 4 is 27.1 Å². The van der Waals surface area contributed by atoms with Gasteiger partial charge in [0.2, 0.25) is 0 Å². The minimum Gasteiger partial charge on any atom is -0.508 e. The second kappa shape index (κ2) is 10.7. The number of benzene rings is 3. The van der Waals surface area contributed by atoms with Crippen molar-refractivity contribution in [3.63, 3.8) is 0 Å². The van der Waals surface area contributed by atoms with Gasteiger partial charge in [0.25, 0.3) is 0 Å². The fourth-order valence-corrected chi connectivity index (χ4v) is 6.87. The lowest BCUT2D eigenvalue weighted by molar-refractivity contribution is 0.122. The molecular formula is C31H34N2O3S. The number of hydrogen-bond donors (Lipinski definition) is 1. The molecule has 2 aliphatic rings. The first-order valence-electron chi connectivity index (χ1n) is 13.2. The molecule has 0 radical (unpaired) electrons. The SMILES string of the molecule is COc1cc(Cc2c(-c3ccc(CN4CCCC4)cc3)sc3cc(O)ccc23)ccc1N1CCOCC1. The first-order valence-corrected chi connectivity index (χ1v) is 14.1. The Morgan fingerprint density at radius 3 is 2.41 bits per heavy atom. The molecule has 4 aromatic rings. The van der Waals surface area contributed by atoms with Crippen LogP contribution in [-0.2, 0) is 17.7 Å². The summed E-state index contributed by atoms with van der Waals surface area (Å²) in [5.74, 6) is 1.22. The van der Waals surface area contributed by atoms with Gasteiger partial charge in [-0.05, 0) is 90.3 Å². The Labute approximate surface area is 222 Å². The van der Waals surface area contributed by atoms with Crippen molar-refractivity contribution in [2.75, 3.05) is 51.4 Å². The van der Waals surface area contributed by atoms with Crippen LogP contribution in [0.25, 0.3) is 20.5 Å². The van der Waals surface area contributed by atoms with Crippen molar-refractivity contribution in [1.29, 1.82) is 0 Å². The number of phenolic OH excluding ortho intramolecular Hbond substituents is 1. The quantitative estimate of drug-likeness (QED) is 0.313. The summed E-state index contributed by atoms with van der Waals surface area (Å²) in [6.45, 7) is 6.71. The molecule has 2 saturated heterocycles. The molecule has 3 aromatic carbocycles. The maximum atomic E-state index is 10.2. The van der Waals surface area contributed by atoms with E-state index in [0.717, 1.165) is 55.4 Å². The van der Waals surface area contributed by atoms with E-state index in [4.69, 9.17) is 9.47 Å². The highest BCUT2D eigenvalue weighted by Crippen LogP contribution is 2.42. The zero-order chi connectivity index (χ0) is 25.2.